The molecule has 0 saturated carbocycles. The molecule has 0 aliphatic carbocycles. The van der Waals surface area contributed by atoms with E-state index in [0.717, 1.165) is 38.5 Å². The second-order valence-electron chi connectivity index (χ2n) is 6.36. The minimum atomic E-state index is -0.571. The maximum Gasteiger partial charge on any atom is 0.305 e. The Morgan fingerprint density at radius 3 is 2.78 bits per heavy atom. The van der Waals surface area contributed by atoms with Gasteiger partial charge in [0.25, 0.3) is 0 Å². The van der Waals surface area contributed by atoms with Crippen molar-refractivity contribution < 1.29 is 23.8 Å². The second-order valence-corrected chi connectivity index (χ2v) is 6.36. The van der Waals surface area contributed by atoms with Crippen molar-refractivity contribution in [3.8, 4) is 5.75 Å². The molecule has 0 saturated heterocycles. The highest BCUT2D eigenvalue weighted by atomic mass is 16.5. The van der Waals surface area contributed by atoms with Gasteiger partial charge in [-0.05, 0) is 38.7 Å². The van der Waals surface area contributed by atoms with Gasteiger partial charge in [0.15, 0.2) is 5.76 Å². The topological polar surface area (TPSA) is 86.0 Å². The molecule has 1 aromatic rings. The van der Waals surface area contributed by atoms with E-state index >= 15 is 0 Å². The molecule has 6 nitrogen and oxygen atoms in total. The van der Waals surface area contributed by atoms with Crippen LogP contribution in [0.5, 0.6) is 5.75 Å². The molecule has 6 heteroatoms. The lowest BCUT2D eigenvalue weighted by Crippen LogP contribution is -2.10. The van der Waals surface area contributed by atoms with Crippen molar-refractivity contribution in [2.24, 2.45) is 0 Å². The van der Waals surface area contributed by atoms with Gasteiger partial charge in [0.05, 0.1) is 25.6 Å². The van der Waals surface area contributed by atoms with Crippen molar-refractivity contribution in [1.29, 1.82) is 0 Å². The van der Waals surface area contributed by atoms with E-state index in [-0.39, 0.29) is 17.1 Å². The van der Waals surface area contributed by atoms with Gasteiger partial charge in [0, 0.05) is 12.5 Å². The number of ether oxygens (including phenoxy) is 2. The van der Waals surface area contributed by atoms with Gasteiger partial charge < -0.3 is 19.0 Å². The summed E-state index contributed by atoms with van der Waals surface area (Å²) in [6, 6.07) is 1.31. The average molecular weight is 380 g/mol. The lowest BCUT2D eigenvalue weighted by Gasteiger charge is -2.08. The van der Waals surface area contributed by atoms with E-state index in [0.29, 0.717) is 31.8 Å². The summed E-state index contributed by atoms with van der Waals surface area (Å²) in [6.07, 6.45) is 10.4. The molecule has 0 aliphatic rings. The van der Waals surface area contributed by atoms with E-state index in [1.807, 2.05) is 0 Å². The summed E-state index contributed by atoms with van der Waals surface area (Å²) < 4.78 is 15.8. The Kier molecular flexibility index (Phi) is 11.9. The van der Waals surface area contributed by atoms with Crippen LogP contribution in [0.4, 0.5) is 0 Å². The van der Waals surface area contributed by atoms with Crippen LogP contribution >= 0.6 is 0 Å². The fraction of sp³-hybridized carbons (Fsp3) is 0.619. The summed E-state index contributed by atoms with van der Waals surface area (Å²) in [5.41, 5.74) is -0.257. The third-order valence-corrected chi connectivity index (χ3v) is 4.01. The number of esters is 1. The summed E-state index contributed by atoms with van der Waals surface area (Å²) in [5.74, 6) is 0.274. The van der Waals surface area contributed by atoms with E-state index < -0.39 is 6.10 Å². The number of rotatable bonds is 14. The van der Waals surface area contributed by atoms with Crippen molar-refractivity contribution in [3.63, 3.8) is 0 Å². The Labute approximate surface area is 161 Å². The number of aliphatic hydroxyl groups excluding tert-OH is 1. The smallest absolute Gasteiger partial charge is 0.305 e. The van der Waals surface area contributed by atoms with E-state index in [1.165, 1.54) is 12.3 Å². The van der Waals surface area contributed by atoms with Crippen LogP contribution in [0.3, 0.4) is 0 Å². The molecular weight excluding hydrogens is 348 g/mol. The van der Waals surface area contributed by atoms with Crippen LogP contribution in [0.25, 0.3) is 6.08 Å². The molecule has 0 radical (unpaired) electrons. The first-order valence-corrected chi connectivity index (χ1v) is 9.85. The number of unbranched alkanes of at least 4 members (excludes halogenated alkanes) is 4. The van der Waals surface area contributed by atoms with Crippen LogP contribution in [0.1, 0.15) is 71.0 Å². The van der Waals surface area contributed by atoms with Crippen LogP contribution in [-0.4, -0.2) is 30.4 Å². The first-order valence-electron chi connectivity index (χ1n) is 9.85. The number of aliphatic hydroxyl groups is 1. The molecule has 1 rings (SSSR count). The summed E-state index contributed by atoms with van der Waals surface area (Å²) >= 11 is 0. The zero-order valence-electron chi connectivity index (χ0n) is 16.4. The molecule has 0 fully saturated rings. The Morgan fingerprint density at radius 1 is 1.22 bits per heavy atom. The highest BCUT2D eigenvalue weighted by molar-refractivity contribution is 5.69. The van der Waals surface area contributed by atoms with Crippen molar-refractivity contribution in [3.05, 3.63) is 34.4 Å². The second kappa shape index (κ2) is 14.0. The minimum Gasteiger partial charge on any atom is -0.486 e. The van der Waals surface area contributed by atoms with Gasteiger partial charge in [0.2, 0.25) is 11.2 Å². The maximum atomic E-state index is 12.0. The number of hydrogen-bond acceptors (Lipinski definition) is 6. The van der Waals surface area contributed by atoms with Crippen LogP contribution in [0.2, 0.25) is 0 Å². The molecule has 27 heavy (non-hydrogen) atoms. The number of carbonyl (C=O) groups is 1. The van der Waals surface area contributed by atoms with Gasteiger partial charge in [-0.3, -0.25) is 9.59 Å². The summed E-state index contributed by atoms with van der Waals surface area (Å²) in [4.78, 5) is 23.3. The van der Waals surface area contributed by atoms with Crippen LogP contribution in [0.15, 0.2) is 27.6 Å². The molecule has 152 valence electrons. The van der Waals surface area contributed by atoms with Gasteiger partial charge in [-0.1, -0.05) is 32.3 Å². The SMILES string of the molecule is CCCCC[C@H](O)C=Cc1occc(=O)c1OCCCCCC(=O)OCC. The van der Waals surface area contributed by atoms with Gasteiger partial charge in [-0.25, -0.2) is 0 Å². The van der Waals surface area contributed by atoms with E-state index in [2.05, 4.69) is 6.92 Å². The predicted molar refractivity (Wildman–Crippen MR) is 105 cm³/mol. The Hall–Kier alpha value is -2.08. The molecule has 1 N–H and O–H groups in total. The van der Waals surface area contributed by atoms with E-state index in [9.17, 15) is 14.7 Å². The van der Waals surface area contributed by atoms with Gasteiger partial charge in [-0.2, -0.15) is 0 Å². The standard InChI is InChI=1S/C21H32O6/c1-3-5-7-10-17(22)12-13-19-21(18(23)14-16-26-19)27-15-9-6-8-11-20(24)25-4-2/h12-14,16-17,22H,3-11,15H2,1-2H3/t17-/m0/s1. The third kappa shape index (κ3) is 9.99. The summed E-state index contributed by atoms with van der Waals surface area (Å²) in [7, 11) is 0. The quantitative estimate of drug-likeness (QED) is 0.386. The molecule has 1 heterocycles. The normalized spacial score (nSPS) is 12.3. The monoisotopic (exact) mass is 380 g/mol. The molecule has 0 amide bonds. The molecule has 0 aliphatic heterocycles. The third-order valence-electron chi connectivity index (χ3n) is 4.01. The molecule has 1 atom stereocenters. The Morgan fingerprint density at radius 2 is 2.04 bits per heavy atom. The summed E-state index contributed by atoms with van der Waals surface area (Å²) in [6.45, 7) is 4.65. The summed E-state index contributed by atoms with van der Waals surface area (Å²) in [5, 5.41) is 9.97. The first kappa shape index (κ1) is 23.0. The van der Waals surface area contributed by atoms with E-state index in [4.69, 9.17) is 13.9 Å². The highest BCUT2D eigenvalue weighted by Crippen LogP contribution is 2.17. The van der Waals surface area contributed by atoms with Crippen molar-refractivity contribution in [2.75, 3.05) is 13.2 Å². The van der Waals surface area contributed by atoms with Crippen molar-refractivity contribution in [1.82, 2.24) is 0 Å². The Balaban J connectivity index is 2.46. The Bertz CT molecular complexity index is 619. The zero-order chi connectivity index (χ0) is 19.9. The molecular formula is C21H32O6. The zero-order valence-corrected chi connectivity index (χ0v) is 16.4. The predicted octanol–water partition coefficient (Wildman–Crippen LogP) is 4.10. The van der Waals surface area contributed by atoms with Gasteiger partial charge in [0.1, 0.15) is 0 Å². The number of hydrogen-bond donors (Lipinski definition) is 1. The fourth-order valence-electron chi connectivity index (χ4n) is 2.53. The molecule has 1 aromatic heterocycles. The van der Waals surface area contributed by atoms with Crippen LogP contribution in [-0.2, 0) is 9.53 Å². The average Bonchev–Trinajstić information content (AvgIpc) is 2.64. The van der Waals surface area contributed by atoms with Gasteiger partial charge >= 0.3 is 5.97 Å². The lowest BCUT2D eigenvalue weighted by atomic mass is 10.1. The van der Waals surface area contributed by atoms with E-state index in [1.54, 1.807) is 19.1 Å². The van der Waals surface area contributed by atoms with Crippen molar-refractivity contribution in [2.45, 2.75) is 71.3 Å². The molecule has 0 unspecified atom stereocenters. The molecule has 0 bridgehead atoms. The van der Waals surface area contributed by atoms with Crippen molar-refractivity contribution >= 4 is 12.0 Å². The van der Waals surface area contributed by atoms with Gasteiger partial charge in [-0.15, -0.1) is 0 Å². The first-order chi connectivity index (χ1) is 13.1. The highest BCUT2D eigenvalue weighted by Gasteiger charge is 2.09. The lowest BCUT2D eigenvalue weighted by molar-refractivity contribution is -0.143. The van der Waals surface area contributed by atoms with Crippen LogP contribution in [0, 0.1) is 0 Å². The molecule has 0 spiro atoms. The number of carbonyl (C=O) groups excluding carboxylic acids is 1. The maximum absolute atomic E-state index is 12.0. The fourth-order valence-corrected chi connectivity index (χ4v) is 2.53. The molecule has 0 aromatic carbocycles. The largest absolute Gasteiger partial charge is 0.486 e. The minimum absolute atomic E-state index is 0.153. The van der Waals surface area contributed by atoms with Crippen LogP contribution < -0.4 is 10.2 Å².